The van der Waals surface area contributed by atoms with Crippen LogP contribution < -0.4 is 20.1 Å². The Hall–Kier alpha value is -3.73. The molecule has 11 heteroatoms. The molecular formula is C29H36FN5O4S. The van der Waals surface area contributed by atoms with E-state index in [-0.39, 0.29) is 27.9 Å². The molecule has 214 valence electrons. The number of sulfonamides is 1. The summed E-state index contributed by atoms with van der Waals surface area (Å²) < 4.78 is 48.6. The number of carbonyl (C=O) groups excluding carboxylic acids is 1. The van der Waals surface area contributed by atoms with Crippen LogP contribution in [-0.2, 0) is 10.0 Å². The predicted molar refractivity (Wildman–Crippen MR) is 153 cm³/mol. The molecule has 4 rings (SSSR count). The first-order valence-corrected chi connectivity index (χ1v) is 14.7. The highest BCUT2D eigenvalue weighted by Gasteiger charge is 2.39. The average Bonchev–Trinajstić information content (AvgIpc) is 3.13. The van der Waals surface area contributed by atoms with Crippen LogP contribution in [0.15, 0.2) is 47.5 Å². The first kappa shape index (κ1) is 29.3. The minimum atomic E-state index is -4.31. The molecule has 40 heavy (non-hydrogen) atoms. The summed E-state index contributed by atoms with van der Waals surface area (Å²) in [4.78, 5) is 24.3. The van der Waals surface area contributed by atoms with Crippen molar-refractivity contribution in [2.24, 2.45) is 11.8 Å². The molecule has 0 aliphatic carbocycles. The van der Waals surface area contributed by atoms with Crippen LogP contribution in [0.2, 0.25) is 0 Å². The zero-order valence-electron chi connectivity index (χ0n) is 23.7. The summed E-state index contributed by atoms with van der Waals surface area (Å²) in [6, 6.07) is 10.2. The number of anilines is 2. The van der Waals surface area contributed by atoms with E-state index in [1.807, 2.05) is 32.6 Å². The Kier molecular flexibility index (Phi) is 8.07. The number of ether oxygens (including phenoxy) is 1. The number of carbonyl (C=O) groups is 1. The Bertz CT molecular complexity index is 1540. The van der Waals surface area contributed by atoms with Gasteiger partial charge in [-0.1, -0.05) is 26.8 Å². The van der Waals surface area contributed by atoms with Gasteiger partial charge in [-0.2, -0.15) is 8.42 Å². The summed E-state index contributed by atoms with van der Waals surface area (Å²) in [6.45, 7) is 13.0. The summed E-state index contributed by atoms with van der Waals surface area (Å²) in [5, 5.41) is -0.368. The van der Waals surface area contributed by atoms with Gasteiger partial charge in [0.2, 0.25) is 0 Å². The molecule has 3 N–H and O–H groups in total. The van der Waals surface area contributed by atoms with Gasteiger partial charge < -0.3 is 15.4 Å². The molecule has 1 unspecified atom stereocenters. The van der Waals surface area contributed by atoms with Crippen LogP contribution in [0, 0.1) is 24.6 Å². The standard InChI is InChI=1S/C29H36FN5O4S/c1-17(2)16-39-22-12-20(11-21(30)13-22)26-19(4)10-23(27(33-26)35-15-18(3)14-29(35,5)6)28(36)34-40(37,38)25-9-7-8-24(31)32-25/h7-13,17-18H,14-16H2,1-6H3,(H2,31,32)(H,34,36). The maximum absolute atomic E-state index is 14.7. The third-order valence-electron chi connectivity index (χ3n) is 6.74. The van der Waals surface area contributed by atoms with Gasteiger partial charge in [0, 0.05) is 23.7 Å². The number of aromatic nitrogens is 2. The smallest absolute Gasteiger partial charge is 0.281 e. The number of pyridine rings is 2. The van der Waals surface area contributed by atoms with E-state index in [1.54, 1.807) is 19.1 Å². The van der Waals surface area contributed by atoms with E-state index < -0.39 is 21.7 Å². The van der Waals surface area contributed by atoms with Gasteiger partial charge >= 0.3 is 0 Å². The molecule has 2 aromatic heterocycles. The third-order valence-corrected chi connectivity index (χ3v) is 7.97. The van der Waals surface area contributed by atoms with Crippen molar-refractivity contribution in [2.75, 3.05) is 23.8 Å². The van der Waals surface area contributed by atoms with Crippen molar-refractivity contribution in [3.63, 3.8) is 0 Å². The second-order valence-corrected chi connectivity index (χ2v) is 13.1. The fraction of sp³-hybridized carbons (Fsp3) is 0.414. The number of hydrogen-bond acceptors (Lipinski definition) is 8. The highest BCUT2D eigenvalue weighted by molar-refractivity contribution is 7.90. The average molecular weight is 570 g/mol. The Morgan fingerprint density at radius 3 is 2.58 bits per heavy atom. The normalized spacial score (nSPS) is 16.8. The molecule has 0 spiro atoms. The zero-order chi connectivity index (χ0) is 29.4. The minimum absolute atomic E-state index is 0.0116. The second kappa shape index (κ2) is 11.0. The maximum atomic E-state index is 14.7. The van der Waals surface area contributed by atoms with Crippen LogP contribution in [-0.4, -0.2) is 43.0 Å². The van der Waals surface area contributed by atoms with Crippen molar-refractivity contribution in [2.45, 2.75) is 58.5 Å². The van der Waals surface area contributed by atoms with E-state index in [2.05, 4.69) is 16.6 Å². The fourth-order valence-electron chi connectivity index (χ4n) is 5.08. The van der Waals surface area contributed by atoms with E-state index >= 15 is 0 Å². The summed E-state index contributed by atoms with van der Waals surface area (Å²) >= 11 is 0. The molecule has 3 aromatic rings. The van der Waals surface area contributed by atoms with Crippen molar-refractivity contribution in [1.29, 1.82) is 0 Å². The molecule has 0 bridgehead atoms. The number of nitrogens with two attached hydrogens (primary N) is 1. The lowest BCUT2D eigenvalue weighted by atomic mass is 9.97. The van der Waals surface area contributed by atoms with E-state index in [4.69, 9.17) is 15.5 Å². The number of nitrogens with one attached hydrogen (secondary N) is 1. The van der Waals surface area contributed by atoms with Gasteiger partial charge in [0.25, 0.3) is 15.9 Å². The molecule has 3 heterocycles. The van der Waals surface area contributed by atoms with Crippen LogP contribution in [0.3, 0.4) is 0 Å². The molecule has 1 aromatic carbocycles. The molecule has 9 nitrogen and oxygen atoms in total. The van der Waals surface area contributed by atoms with Gasteiger partial charge in [-0.05, 0) is 74.9 Å². The third kappa shape index (κ3) is 6.35. The number of amides is 1. The quantitative estimate of drug-likeness (QED) is 0.390. The van der Waals surface area contributed by atoms with Crippen LogP contribution in [0.4, 0.5) is 16.0 Å². The van der Waals surface area contributed by atoms with E-state index in [0.717, 1.165) is 6.42 Å². The molecule has 0 saturated carbocycles. The number of nitrogen functional groups attached to an aromatic ring is 1. The molecule has 1 aliphatic heterocycles. The maximum Gasteiger partial charge on any atom is 0.281 e. The number of aryl methyl sites for hydroxylation is 1. The summed E-state index contributed by atoms with van der Waals surface area (Å²) in [5.41, 5.74) is 6.90. The van der Waals surface area contributed by atoms with Gasteiger partial charge in [0.1, 0.15) is 23.2 Å². The number of benzene rings is 1. The molecule has 1 amide bonds. The van der Waals surface area contributed by atoms with Crippen LogP contribution >= 0.6 is 0 Å². The molecular weight excluding hydrogens is 533 g/mol. The largest absolute Gasteiger partial charge is 0.493 e. The number of halogens is 1. The number of hydrogen-bond donors (Lipinski definition) is 2. The number of nitrogens with zero attached hydrogens (tertiary/aromatic N) is 3. The summed E-state index contributed by atoms with van der Waals surface area (Å²) in [7, 11) is -4.31. The molecule has 1 fully saturated rings. The second-order valence-electron chi connectivity index (χ2n) is 11.5. The molecule has 1 saturated heterocycles. The Balaban J connectivity index is 1.82. The van der Waals surface area contributed by atoms with Gasteiger partial charge in [-0.25, -0.2) is 19.1 Å². The van der Waals surface area contributed by atoms with Gasteiger partial charge in [0.05, 0.1) is 17.9 Å². The lowest BCUT2D eigenvalue weighted by Gasteiger charge is -2.34. The van der Waals surface area contributed by atoms with E-state index in [9.17, 15) is 17.6 Å². The van der Waals surface area contributed by atoms with Gasteiger partial charge in [-0.15, -0.1) is 0 Å². The van der Waals surface area contributed by atoms with Gasteiger partial charge in [0.15, 0.2) is 5.03 Å². The first-order valence-electron chi connectivity index (χ1n) is 13.2. The number of rotatable bonds is 8. The monoisotopic (exact) mass is 569 g/mol. The molecule has 1 atom stereocenters. The predicted octanol–water partition coefficient (Wildman–Crippen LogP) is 4.95. The van der Waals surface area contributed by atoms with Crippen LogP contribution in [0.25, 0.3) is 11.3 Å². The van der Waals surface area contributed by atoms with E-state index in [0.29, 0.717) is 47.5 Å². The summed E-state index contributed by atoms with van der Waals surface area (Å²) in [6.07, 6.45) is 0.845. The van der Waals surface area contributed by atoms with Crippen LogP contribution in [0.5, 0.6) is 5.75 Å². The lowest BCUT2D eigenvalue weighted by Crippen LogP contribution is -2.41. The van der Waals surface area contributed by atoms with Crippen molar-refractivity contribution >= 4 is 27.6 Å². The summed E-state index contributed by atoms with van der Waals surface area (Å²) in [5.74, 6) is -0.0515. The van der Waals surface area contributed by atoms with Crippen molar-refractivity contribution in [3.8, 4) is 17.0 Å². The lowest BCUT2D eigenvalue weighted by molar-refractivity contribution is 0.0981. The topological polar surface area (TPSA) is 128 Å². The van der Waals surface area contributed by atoms with Crippen molar-refractivity contribution in [1.82, 2.24) is 14.7 Å². The highest BCUT2D eigenvalue weighted by Crippen LogP contribution is 2.39. The minimum Gasteiger partial charge on any atom is -0.493 e. The Morgan fingerprint density at radius 2 is 1.95 bits per heavy atom. The van der Waals surface area contributed by atoms with Gasteiger partial charge in [-0.3, -0.25) is 4.79 Å². The zero-order valence-corrected chi connectivity index (χ0v) is 24.5. The highest BCUT2D eigenvalue weighted by atomic mass is 32.2. The first-order chi connectivity index (χ1) is 18.7. The molecule has 1 aliphatic rings. The molecule has 0 radical (unpaired) electrons. The van der Waals surface area contributed by atoms with E-state index in [1.165, 1.54) is 30.3 Å². The van der Waals surface area contributed by atoms with Crippen molar-refractivity contribution in [3.05, 3.63) is 59.4 Å². The Morgan fingerprint density at radius 1 is 1.23 bits per heavy atom. The van der Waals surface area contributed by atoms with Crippen molar-refractivity contribution < 1.29 is 22.3 Å². The SMILES string of the molecule is Cc1cc(C(=O)NS(=O)(=O)c2cccc(N)n2)c(N2CC(C)CC2(C)C)nc1-c1cc(F)cc(OCC(C)C)c1. The van der Waals surface area contributed by atoms with Crippen LogP contribution in [0.1, 0.15) is 57.0 Å². The Labute approximate surface area is 235 Å². The fourth-order valence-corrected chi connectivity index (χ4v) is 6.03.